The number of likely N-dealkylation sites (tertiary alicyclic amines) is 1. The van der Waals surface area contributed by atoms with Gasteiger partial charge in [0, 0.05) is 50.2 Å². The third-order valence-electron chi connectivity index (χ3n) is 4.59. The molecule has 7 nitrogen and oxygen atoms in total. The largest absolute Gasteiger partial charge is 0.463 e. The van der Waals surface area contributed by atoms with Crippen molar-refractivity contribution in [2.24, 2.45) is 0 Å². The second kappa shape index (κ2) is 7.99. The Kier molecular flexibility index (Phi) is 5.09. The van der Waals surface area contributed by atoms with Crippen molar-refractivity contribution in [3.05, 3.63) is 49.1 Å². The van der Waals surface area contributed by atoms with Gasteiger partial charge in [0.05, 0.1) is 6.26 Å². The van der Waals surface area contributed by atoms with Crippen LogP contribution in [0.25, 0.3) is 22.6 Å². The Hall–Kier alpha value is -3.22. The number of aromatic nitrogens is 3. The number of nitrogens with one attached hydrogen (secondary N) is 1. The van der Waals surface area contributed by atoms with Crippen LogP contribution in [-0.2, 0) is 4.79 Å². The number of furan rings is 1. The molecular formula is C20H21N5O2. The molecule has 4 heterocycles. The molecule has 1 aliphatic rings. The van der Waals surface area contributed by atoms with Crippen LogP contribution in [-0.4, -0.2) is 45.4 Å². The molecule has 27 heavy (non-hydrogen) atoms. The molecule has 0 bridgehead atoms. The summed E-state index contributed by atoms with van der Waals surface area (Å²) in [6.07, 6.45) is 9.43. The molecule has 1 amide bonds. The quantitative estimate of drug-likeness (QED) is 0.649. The fraction of sp³-hybridized carbons (Fsp3) is 0.300. The van der Waals surface area contributed by atoms with Gasteiger partial charge in [-0.1, -0.05) is 0 Å². The topological polar surface area (TPSA) is 84.2 Å². The highest BCUT2D eigenvalue weighted by molar-refractivity contribution is 5.78. The summed E-state index contributed by atoms with van der Waals surface area (Å²) in [6, 6.07) is 7.57. The Morgan fingerprint density at radius 1 is 1.22 bits per heavy atom. The second-order valence-electron chi connectivity index (χ2n) is 6.43. The minimum Gasteiger partial charge on any atom is -0.463 e. The van der Waals surface area contributed by atoms with E-state index in [2.05, 4.69) is 20.3 Å². The van der Waals surface area contributed by atoms with E-state index >= 15 is 0 Å². The highest BCUT2D eigenvalue weighted by Gasteiger charge is 2.19. The minimum absolute atomic E-state index is 0.257. The highest BCUT2D eigenvalue weighted by atomic mass is 16.3. The lowest BCUT2D eigenvalue weighted by molar-refractivity contribution is -0.127. The summed E-state index contributed by atoms with van der Waals surface area (Å²) >= 11 is 0. The molecule has 0 atom stereocenters. The first-order chi connectivity index (χ1) is 13.3. The van der Waals surface area contributed by atoms with Gasteiger partial charge in [0.25, 0.3) is 0 Å². The number of nitrogens with zero attached hydrogens (tertiary/aromatic N) is 4. The molecule has 0 spiro atoms. The second-order valence-corrected chi connectivity index (χ2v) is 6.43. The van der Waals surface area contributed by atoms with Crippen LogP contribution in [0.3, 0.4) is 0 Å². The number of amides is 1. The van der Waals surface area contributed by atoms with Crippen molar-refractivity contribution < 1.29 is 9.21 Å². The number of pyridine rings is 1. The normalized spacial score (nSPS) is 13.9. The molecule has 3 aromatic rings. The van der Waals surface area contributed by atoms with Crippen molar-refractivity contribution in [2.75, 3.05) is 25.0 Å². The average Bonchev–Trinajstić information content (AvgIpc) is 3.38. The molecule has 3 aromatic heterocycles. The van der Waals surface area contributed by atoms with E-state index < -0.39 is 0 Å². The Balaban J connectivity index is 1.48. The van der Waals surface area contributed by atoms with Gasteiger partial charge in [-0.3, -0.25) is 9.78 Å². The molecule has 1 N–H and O–H groups in total. The van der Waals surface area contributed by atoms with Gasteiger partial charge >= 0.3 is 0 Å². The third kappa shape index (κ3) is 3.97. The molecule has 0 saturated carbocycles. The molecule has 1 aliphatic heterocycles. The van der Waals surface area contributed by atoms with Crippen molar-refractivity contribution in [3.63, 3.8) is 0 Å². The Labute approximate surface area is 157 Å². The van der Waals surface area contributed by atoms with Gasteiger partial charge in [-0.15, -0.1) is 0 Å². The summed E-state index contributed by atoms with van der Waals surface area (Å²) < 4.78 is 5.56. The zero-order chi connectivity index (χ0) is 18.5. The minimum atomic E-state index is 0.257. The van der Waals surface area contributed by atoms with Crippen LogP contribution < -0.4 is 5.32 Å². The van der Waals surface area contributed by atoms with Gasteiger partial charge in [0.2, 0.25) is 11.9 Å². The number of hydrogen-bond acceptors (Lipinski definition) is 6. The van der Waals surface area contributed by atoms with Gasteiger partial charge in [0.1, 0.15) is 5.69 Å². The van der Waals surface area contributed by atoms with Crippen LogP contribution >= 0.6 is 0 Å². The van der Waals surface area contributed by atoms with Crippen LogP contribution in [0.1, 0.15) is 19.3 Å². The number of rotatable bonds is 7. The molecule has 138 valence electrons. The van der Waals surface area contributed by atoms with E-state index in [0.29, 0.717) is 24.7 Å². The van der Waals surface area contributed by atoms with E-state index in [1.54, 1.807) is 24.9 Å². The fourth-order valence-corrected chi connectivity index (χ4v) is 3.22. The van der Waals surface area contributed by atoms with E-state index in [9.17, 15) is 4.79 Å². The van der Waals surface area contributed by atoms with Gasteiger partial charge in [-0.05, 0) is 42.7 Å². The first-order valence-electron chi connectivity index (χ1n) is 9.14. The lowest BCUT2D eigenvalue weighted by atomic mass is 10.1. The molecule has 7 heteroatoms. The van der Waals surface area contributed by atoms with Crippen LogP contribution in [0.5, 0.6) is 0 Å². The first kappa shape index (κ1) is 17.2. The predicted molar refractivity (Wildman–Crippen MR) is 102 cm³/mol. The summed E-state index contributed by atoms with van der Waals surface area (Å²) in [5, 5.41) is 3.25. The first-order valence-corrected chi connectivity index (χ1v) is 9.14. The summed E-state index contributed by atoms with van der Waals surface area (Å²) in [4.78, 5) is 26.7. The van der Waals surface area contributed by atoms with Crippen LogP contribution in [0.15, 0.2) is 53.5 Å². The molecule has 0 aromatic carbocycles. The van der Waals surface area contributed by atoms with Crippen LogP contribution in [0, 0.1) is 0 Å². The van der Waals surface area contributed by atoms with E-state index in [0.717, 1.165) is 42.8 Å². The lowest BCUT2D eigenvalue weighted by Crippen LogP contribution is -2.27. The summed E-state index contributed by atoms with van der Waals surface area (Å²) in [5.74, 6) is 1.50. The molecule has 0 radical (unpaired) electrons. The Morgan fingerprint density at radius 2 is 2.11 bits per heavy atom. The van der Waals surface area contributed by atoms with Gasteiger partial charge < -0.3 is 14.6 Å². The van der Waals surface area contributed by atoms with Gasteiger partial charge in [-0.2, -0.15) is 0 Å². The van der Waals surface area contributed by atoms with E-state index in [1.807, 2.05) is 29.2 Å². The van der Waals surface area contributed by atoms with Crippen molar-refractivity contribution in [2.45, 2.75) is 19.3 Å². The number of anilines is 1. The van der Waals surface area contributed by atoms with Crippen molar-refractivity contribution in [1.82, 2.24) is 19.9 Å². The van der Waals surface area contributed by atoms with Crippen molar-refractivity contribution in [3.8, 4) is 22.6 Å². The van der Waals surface area contributed by atoms with E-state index in [-0.39, 0.29) is 5.91 Å². The van der Waals surface area contributed by atoms with E-state index in [4.69, 9.17) is 4.42 Å². The maximum absolute atomic E-state index is 11.7. The molecule has 0 unspecified atom stereocenters. The molecule has 1 fully saturated rings. The zero-order valence-electron chi connectivity index (χ0n) is 15.0. The maximum Gasteiger partial charge on any atom is 0.223 e. The fourth-order valence-electron chi connectivity index (χ4n) is 3.22. The standard InChI is InChI=1S/C20H21N5O2/c26-18-5-1-11-25(18)12-3-8-22-20-23-14-16(15-6-9-21-10-7-15)19(24-20)17-4-2-13-27-17/h2,4,6-7,9-10,13-14H,1,3,5,8,11-12H2,(H,22,23,24). The highest BCUT2D eigenvalue weighted by Crippen LogP contribution is 2.30. The van der Waals surface area contributed by atoms with E-state index in [1.165, 1.54) is 0 Å². The number of carbonyl (C=O) groups is 1. The van der Waals surface area contributed by atoms with Crippen LogP contribution in [0.2, 0.25) is 0 Å². The molecule has 1 saturated heterocycles. The molecular weight excluding hydrogens is 342 g/mol. The lowest BCUT2D eigenvalue weighted by Gasteiger charge is -2.15. The van der Waals surface area contributed by atoms with Crippen molar-refractivity contribution >= 4 is 11.9 Å². The van der Waals surface area contributed by atoms with Gasteiger partial charge in [-0.25, -0.2) is 9.97 Å². The average molecular weight is 363 g/mol. The number of hydrogen-bond donors (Lipinski definition) is 1. The monoisotopic (exact) mass is 363 g/mol. The Morgan fingerprint density at radius 3 is 2.85 bits per heavy atom. The van der Waals surface area contributed by atoms with Gasteiger partial charge in [0.15, 0.2) is 5.76 Å². The Bertz CT molecular complexity index is 896. The summed E-state index contributed by atoms with van der Waals surface area (Å²) in [6.45, 7) is 2.35. The third-order valence-corrected chi connectivity index (χ3v) is 4.59. The summed E-state index contributed by atoms with van der Waals surface area (Å²) in [7, 11) is 0. The summed E-state index contributed by atoms with van der Waals surface area (Å²) in [5.41, 5.74) is 2.61. The predicted octanol–water partition coefficient (Wildman–Crippen LogP) is 3.22. The van der Waals surface area contributed by atoms with Crippen molar-refractivity contribution in [1.29, 1.82) is 0 Å². The maximum atomic E-state index is 11.7. The molecule has 0 aliphatic carbocycles. The number of carbonyl (C=O) groups excluding carboxylic acids is 1. The van der Waals surface area contributed by atoms with Crippen LogP contribution in [0.4, 0.5) is 5.95 Å². The zero-order valence-corrected chi connectivity index (χ0v) is 15.0. The smallest absolute Gasteiger partial charge is 0.223 e. The molecule has 4 rings (SSSR count). The SMILES string of the molecule is O=C1CCCN1CCCNc1ncc(-c2ccncc2)c(-c2ccco2)n1.